The number of ketones is 1. The lowest BCUT2D eigenvalue weighted by Gasteiger charge is -2.70. The Labute approximate surface area is 276 Å². The quantitative estimate of drug-likeness (QED) is 0.196. The van der Waals surface area contributed by atoms with Gasteiger partial charge in [-0.15, -0.1) is 0 Å². The number of nitrogens with one attached hydrogen (secondary N) is 2. The number of amides is 2. The van der Waals surface area contributed by atoms with Crippen molar-refractivity contribution in [3.63, 3.8) is 0 Å². The molecule has 0 bridgehead atoms. The number of carbonyl (C=O) groups excluding carboxylic acids is 3. The van der Waals surface area contributed by atoms with E-state index in [9.17, 15) is 24.3 Å². The zero-order valence-electron chi connectivity index (χ0n) is 30.2. The van der Waals surface area contributed by atoms with E-state index < -0.39 is 22.9 Å². The first-order valence-electron chi connectivity index (χ1n) is 18.0. The van der Waals surface area contributed by atoms with Gasteiger partial charge in [0.15, 0.2) is 0 Å². The van der Waals surface area contributed by atoms with E-state index >= 15 is 0 Å². The minimum Gasteiger partial charge on any atom is -0.481 e. The molecule has 258 valence electrons. The Morgan fingerprint density at radius 1 is 0.978 bits per heavy atom. The van der Waals surface area contributed by atoms with Gasteiger partial charge in [0.25, 0.3) is 0 Å². The molecule has 0 spiro atoms. The van der Waals surface area contributed by atoms with Gasteiger partial charge in [0.1, 0.15) is 11.9 Å². The van der Waals surface area contributed by atoms with Gasteiger partial charge in [-0.05, 0) is 112 Å². The van der Waals surface area contributed by atoms with Crippen molar-refractivity contribution in [3.05, 3.63) is 11.1 Å². The maximum atomic E-state index is 13.7. The summed E-state index contributed by atoms with van der Waals surface area (Å²) in [6.45, 7) is 21.9. The Morgan fingerprint density at radius 2 is 1.65 bits per heavy atom. The second-order valence-corrected chi connectivity index (χ2v) is 18.0. The fourth-order valence-corrected chi connectivity index (χ4v) is 11.9. The fourth-order valence-electron chi connectivity index (χ4n) is 11.9. The molecular formula is C38H60N2O6. The largest absolute Gasteiger partial charge is 0.481 e. The summed E-state index contributed by atoms with van der Waals surface area (Å²) in [7, 11) is 0. The monoisotopic (exact) mass is 640 g/mol. The van der Waals surface area contributed by atoms with Crippen LogP contribution in [0, 0.1) is 50.7 Å². The molecule has 0 aromatic heterocycles. The maximum absolute atomic E-state index is 13.7. The van der Waals surface area contributed by atoms with Gasteiger partial charge in [0.2, 0.25) is 0 Å². The van der Waals surface area contributed by atoms with Crippen molar-refractivity contribution < 1.29 is 29.0 Å². The Bertz CT molecular complexity index is 1330. The SMILES string of the molecule is CCNC(=O)N[C@@]12CC[C@]3(C)C(=C1C(C(C)C)C(=O)C2)CC[C@@H]1[C@@]2(C)CC[C@H](OC(=O)CC(C)(C)C(=O)O)C(C)(C)[C@@H]2CC[C@]13C. The van der Waals surface area contributed by atoms with Crippen LogP contribution >= 0.6 is 0 Å². The van der Waals surface area contributed by atoms with Crippen LogP contribution in [0.3, 0.4) is 0 Å². The number of carbonyl (C=O) groups is 4. The molecule has 0 saturated heterocycles. The number of hydrogen-bond acceptors (Lipinski definition) is 5. The molecule has 4 fully saturated rings. The van der Waals surface area contributed by atoms with Crippen LogP contribution in [0.5, 0.6) is 0 Å². The van der Waals surface area contributed by atoms with Crippen LogP contribution in [0.15, 0.2) is 11.1 Å². The van der Waals surface area contributed by atoms with E-state index in [4.69, 9.17) is 4.74 Å². The molecule has 46 heavy (non-hydrogen) atoms. The lowest BCUT2D eigenvalue weighted by atomic mass is 9.34. The third-order valence-electron chi connectivity index (χ3n) is 14.4. The molecule has 5 aliphatic carbocycles. The lowest BCUT2D eigenvalue weighted by molar-refractivity contribution is -0.214. The topological polar surface area (TPSA) is 122 Å². The Kier molecular flexibility index (Phi) is 8.63. The standard InChI is InChI=1S/C38H60N2O6/c1-11-39-32(45)40-38-19-18-36(9)23(30(38)29(22(2)3)24(41)20-38)12-13-26-35(8)16-15-27(46-28(42)21-33(4,5)31(43)44)34(6,7)25(35)14-17-37(26,36)10/h22,25-27,29H,11-21H2,1-10H3,(H,43,44)(H2,39,40,45)/t25-,26+,27-,29?,35-,36+,37+,38+/m0/s1. The van der Waals surface area contributed by atoms with Crippen LogP contribution < -0.4 is 10.6 Å². The number of carboxylic acid groups (broad SMARTS) is 1. The number of carboxylic acids is 1. The van der Waals surface area contributed by atoms with Crippen molar-refractivity contribution >= 4 is 23.8 Å². The summed E-state index contributed by atoms with van der Waals surface area (Å²) in [4.78, 5) is 51.4. The van der Waals surface area contributed by atoms with E-state index in [2.05, 4.69) is 59.1 Å². The van der Waals surface area contributed by atoms with Gasteiger partial charge in [-0.1, -0.05) is 54.0 Å². The number of Topliss-reactive ketones (excluding diaryl/α,β-unsaturated/α-hetero) is 1. The second kappa shape index (κ2) is 11.4. The van der Waals surface area contributed by atoms with Crippen molar-refractivity contribution in [2.24, 2.45) is 50.7 Å². The molecule has 0 aromatic carbocycles. The number of ether oxygens (including phenoxy) is 1. The molecule has 8 atom stereocenters. The molecule has 4 saturated carbocycles. The van der Waals surface area contributed by atoms with Crippen molar-refractivity contribution in [2.75, 3.05) is 6.54 Å². The summed E-state index contributed by atoms with van der Waals surface area (Å²) in [6, 6.07) is -0.180. The number of hydrogen-bond donors (Lipinski definition) is 3. The summed E-state index contributed by atoms with van der Waals surface area (Å²) in [6.07, 6.45) is 7.62. The third-order valence-corrected chi connectivity index (χ3v) is 14.4. The minimum absolute atomic E-state index is 0.0366. The predicted octanol–water partition coefficient (Wildman–Crippen LogP) is 7.45. The van der Waals surface area contributed by atoms with Crippen LogP contribution in [-0.2, 0) is 19.1 Å². The van der Waals surface area contributed by atoms with Crippen LogP contribution in [0.4, 0.5) is 4.79 Å². The van der Waals surface area contributed by atoms with Gasteiger partial charge < -0.3 is 20.5 Å². The van der Waals surface area contributed by atoms with Crippen LogP contribution in [0.25, 0.3) is 0 Å². The molecule has 2 amide bonds. The molecule has 5 rings (SSSR count). The number of esters is 1. The van der Waals surface area contributed by atoms with E-state index in [-0.39, 0.29) is 57.8 Å². The van der Waals surface area contributed by atoms with Crippen LogP contribution in [0.2, 0.25) is 0 Å². The highest BCUT2D eigenvalue weighted by Gasteiger charge is 2.69. The Balaban J connectivity index is 1.48. The van der Waals surface area contributed by atoms with E-state index in [0.717, 1.165) is 51.4 Å². The van der Waals surface area contributed by atoms with Crippen LogP contribution in [0.1, 0.15) is 133 Å². The van der Waals surface area contributed by atoms with Gasteiger partial charge in [-0.3, -0.25) is 14.4 Å². The Hall–Kier alpha value is -2.38. The molecule has 0 heterocycles. The highest BCUT2D eigenvalue weighted by Crippen LogP contribution is 2.75. The first kappa shape index (κ1) is 34.9. The summed E-state index contributed by atoms with van der Waals surface area (Å²) in [5.41, 5.74) is 0.721. The van der Waals surface area contributed by atoms with E-state index in [0.29, 0.717) is 24.8 Å². The average Bonchev–Trinajstić information content (AvgIpc) is 3.22. The van der Waals surface area contributed by atoms with Crippen molar-refractivity contribution in [1.29, 1.82) is 0 Å². The van der Waals surface area contributed by atoms with Crippen molar-refractivity contribution in [2.45, 2.75) is 145 Å². The van der Waals surface area contributed by atoms with Gasteiger partial charge in [-0.2, -0.15) is 0 Å². The minimum atomic E-state index is -1.16. The second-order valence-electron chi connectivity index (χ2n) is 18.0. The van der Waals surface area contributed by atoms with Gasteiger partial charge in [-0.25, -0.2) is 4.79 Å². The number of urea groups is 1. The van der Waals surface area contributed by atoms with Gasteiger partial charge in [0.05, 0.1) is 17.4 Å². The molecule has 3 N–H and O–H groups in total. The first-order chi connectivity index (χ1) is 21.2. The number of rotatable bonds is 7. The molecular weight excluding hydrogens is 580 g/mol. The van der Waals surface area contributed by atoms with E-state index in [1.165, 1.54) is 11.1 Å². The molecule has 5 aliphatic rings. The predicted molar refractivity (Wildman–Crippen MR) is 178 cm³/mol. The number of allylic oxidation sites excluding steroid dienone is 1. The normalized spacial score (nSPS) is 39.9. The first-order valence-corrected chi connectivity index (χ1v) is 18.0. The smallest absolute Gasteiger partial charge is 0.315 e. The van der Waals surface area contributed by atoms with Gasteiger partial charge >= 0.3 is 18.0 Å². The summed E-state index contributed by atoms with van der Waals surface area (Å²) >= 11 is 0. The number of fused-ring (bicyclic) bond motifs is 6. The number of aliphatic carboxylic acids is 1. The molecule has 0 radical (unpaired) electrons. The summed E-state index contributed by atoms with van der Waals surface area (Å²) in [5.74, 6) is -0.278. The highest BCUT2D eigenvalue weighted by atomic mass is 16.5. The molecule has 0 aromatic rings. The van der Waals surface area contributed by atoms with Crippen molar-refractivity contribution in [3.8, 4) is 0 Å². The van der Waals surface area contributed by atoms with E-state index in [1.54, 1.807) is 13.8 Å². The third kappa shape index (κ3) is 5.05. The molecule has 0 aliphatic heterocycles. The zero-order valence-corrected chi connectivity index (χ0v) is 30.2. The molecule has 1 unspecified atom stereocenters. The Morgan fingerprint density at radius 3 is 2.26 bits per heavy atom. The fraction of sp³-hybridized carbons (Fsp3) is 0.842. The zero-order chi connectivity index (χ0) is 34.3. The molecule has 8 nitrogen and oxygen atoms in total. The lowest BCUT2D eigenvalue weighted by Crippen LogP contribution is -2.65. The van der Waals surface area contributed by atoms with Gasteiger partial charge in [0, 0.05) is 24.3 Å². The average molecular weight is 641 g/mol. The van der Waals surface area contributed by atoms with E-state index in [1.807, 2.05) is 6.92 Å². The van der Waals surface area contributed by atoms with Crippen LogP contribution in [-0.4, -0.2) is 47.0 Å². The van der Waals surface area contributed by atoms with Crippen molar-refractivity contribution in [1.82, 2.24) is 10.6 Å². The highest BCUT2D eigenvalue weighted by molar-refractivity contribution is 5.92. The summed E-state index contributed by atoms with van der Waals surface area (Å²) in [5, 5.41) is 15.8. The maximum Gasteiger partial charge on any atom is 0.315 e. The summed E-state index contributed by atoms with van der Waals surface area (Å²) < 4.78 is 6.12. The molecule has 8 heteroatoms.